The van der Waals surface area contributed by atoms with Gasteiger partial charge in [-0.15, -0.1) is 0 Å². The van der Waals surface area contributed by atoms with Gasteiger partial charge in [-0.2, -0.15) is 9.47 Å². The summed E-state index contributed by atoms with van der Waals surface area (Å²) in [5.41, 5.74) is 1.59. The second-order valence-electron chi connectivity index (χ2n) is 5.66. The summed E-state index contributed by atoms with van der Waals surface area (Å²) in [5.74, 6) is 0.852. The first-order valence-electron chi connectivity index (χ1n) is 8.04. The van der Waals surface area contributed by atoms with Gasteiger partial charge < -0.3 is 14.8 Å². The van der Waals surface area contributed by atoms with Crippen molar-refractivity contribution in [3.05, 3.63) is 52.4 Å². The maximum Gasteiger partial charge on any atom is 0.267 e. The van der Waals surface area contributed by atoms with Crippen LogP contribution in [-0.2, 0) is 11.3 Å². The Labute approximate surface area is 159 Å². The number of carbonyl (C=O) groups is 1. The van der Waals surface area contributed by atoms with Gasteiger partial charge in [0.15, 0.2) is 0 Å². The van der Waals surface area contributed by atoms with Crippen molar-refractivity contribution >= 4 is 22.4 Å². The quantitative estimate of drug-likeness (QED) is 0.699. The van der Waals surface area contributed by atoms with Crippen molar-refractivity contribution in [2.45, 2.75) is 13.5 Å². The van der Waals surface area contributed by atoms with E-state index in [-0.39, 0.29) is 18.0 Å². The number of hydrogen-bond acceptors (Lipinski definition) is 7. The molecule has 0 fully saturated rings. The fourth-order valence-corrected chi connectivity index (χ4v) is 3.13. The molecule has 3 aromatic rings. The minimum atomic E-state index is -0.378. The Morgan fingerprint density at radius 3 is 2.67 bits per heavy atom. The van der Waals surface area contributed by atoms with E-state index < -0.39 is 0 Å². The van der Waals surface area contributed by atoms with Gasteiger partial charge in [0.05, 0.1) is 25.6 Å². The average molecular weight is 386 g/mol. The van der Waals surface area contributed by atoms with Crippen molar-refractivity contribution < 1.29 is 14.3 Å². The molecular formula is C18H18N4O4S. The first kappa shape index (κ1) is 18.6. The van der Waals surface area contributed by atoms with Gasteiger partial charge in [0.2, 0.25) is 5.91 Å². The molecule has 2 heterocycles. The average Bonchev–Trinajstić information content (AvgIpc) is 3.07. The number of methoxy groups -OCH3 is 2. The van der Waals surface area contributed by atoms with Crippen LogP contribution in [0.25, 0.3) is 11.3 Å². The molecular weight excluding hydrogens is 368 g/mol. The maximum atomic E-state index is 12.2. The van der Waals surface area contributed by atoms with Crippen LogP contribution in [0.1, 0.15) is 5.69 Å². The van der Waals surface area contributed by atoms with E-state index >= 15 is 0 Å². The molecule has 140 valence electrons. The van der Waals surface area contributed by atoms with Crippen LogP contribution in [0.4, 0.5) is 5.00 Å². The van der Waals surface area contributed by atoms with Crippen LogP contribution in [0.5, 0.6) is 11.5 Å². The fraction of sp³-hybridized carbons (Fsp3) is 0.222. The maximum absolute atomic E-state index is 12.2. The summed E-state index contributed by atoms with van der Waals surface area (Å²) in [7, 11) is 3.11. The third-order valence-corrected chi connectivity index (χ3v) is 4.53. The second-order valence-corrected chi connectivity index (χ2v) is 6.47. The van der Waals surface area contributed by atoms with Gasteiger partial charge in [0.25, 0.3) is 5.56 Å². The van der Waals surface area contributed by atoms with Crippen LogP contribution in [0.15, 0.2) is 41.2 Å². The summed E-state index contributed by atoms with van der Waals surface area (Å²) in [5, 5.41) is 7.64. The molecule has 1 amide bonds. The third-order valence-electron chi connectivity index (χ3n) is 3.73. The largest absolute Gasteiger partial charge is 0.497 e. The van der Waals surface area contributed by atoms with Crippen LogP contribution in [-0.4, -0.2) is 34.3 Å². The lowest BCUT2D eigenvalue weighted by atomic mass is 10.1. The zero-order valence-corrected chi connectivity index (χ0v) is 15.9. The standard InChI is InChI=1S/C18H18N4O4S/c1-11-8-17(27-21-11)19-16(23)10-22-18(24)7-5-14(20-22)13-9-12(25-2)4-6-15(13)26-3/h4-9H,10H2,1-3H3,(H,19,23). The van der Waals surface area contributed by atoms with E-state index in [1.54, 1.807) is 44.6 Å². The number of anilines is 1. The molecule has 0 aliphatic heterocycles. The van der Waals surface area contributed by atoms with Crippen LogP contribution in [0.2, 0.25) is 0 Å². The highest BCUT2D eigenvalue weighted by Gasteiger charge is 2.13. The predicted molar refractivity (Wildman–Crippen MR) is 103 cm³/mol. The SMILES string of the molecule is COc1ccc(OC)c(-c2ccc(=O)n(CC(=O)Nc3cc(C)ns3)n2)c1. The topological polar surface area (TPSA) is 95.3 Å². The van der Waals surface area contributed by atoms with Gasteiger partial charge >= 0.3 is 0 Å². The molecule has 27 heavy (non-hydrogen) atoms. The molecule has 2 aromatic heterocycles. The predicted octanol–water partition coefficient (Wildman–Crippen LogP) is 2.33. The van der Waals surface area contributed by atoms with Gasteiger partial charge in [0, 0.05) is 11.6 Å². The summed E-state index contributed by atoms with van der Waals surface area (Å²) < 4.78 is 15.8. The summed E-state index contributed by atoms with van der Waals surface area (Å²) >= 11 is 1.18. The van der Waals surface area contributed by atoms with Gasteiger partial charge in [-0.25, -0.2) is 4.68 Å². The normalized spacial score (nSPS) is 10.5. The van der Waals surface area contributed by atoms with Crippen molar-refractivity contribution in [3.8, 4) is 22.8 Å². The Kier molecular flexibility index (Phi) is 5.51. The first-order valence-corrected chi connectivity index (χ1v) is 8.81. The lowest BCUT2D eigenvalue weighted by Crippen LogP contribution is -2.29. The Morgan fingerprint density at radius 2 is 2.00 bits per heavy atom. The molecule has 1 aromatic carbocycles. The van der Waals surface area contributed by atoms with E-state index in [1.807, 2.05) is 6.92 Å². The summed E-state index contributed by atoms with van der Waals surface area (Å²) in [6, 6.07) is 9.99. The number of carbonyl (C=O) groups excluding carboxylic acids is 1. The van der Waals surface area contributed by atoms with E-state index in [0.717, 1.165) is 10.4 Å². The van der Waals surface area contributed by atoms with Crippen molar-refractivity contribution in [2.24, 2.45) is 0 Å². The summed E-state index contributed by atoms with van der Waals surface area (Å²) in [4.78, 5) is 24.4. The Balaban J connectivity index is 1.88. The Bertz CT molecular complexity index is 1030. The van der Waals surface area contributed by atoms with E-state index in [9.17, 15) is 9.59 Å². The van der Waals surface area contributed by atoms with Crippen LogP contribution < -0.4 is 20.3 Å². The lowest BCUT2D eigenvalue weighted by Gasteiger charge is -2.11. The number of nitrogens with zero attached hydrogens (tertiary/aromatic N) is 3. The molecule has 0 spiro atoms. The zero-order chi connectivity index (χ0) is 19.4. The number of aromatic nitrogens is 3. The number of benzene rings is 1. The number of nitrogens with one attached hydrogen (secondary N) is 1. The molecule has 0 unspecified atom stereocenters. The minimum Gasteiger partial charge on any atom is -0.497 e. The molecule has 0 saturated heterocycles. The van der Waals surface area contributed by atoms with E-state index in [0.29, 0.717) is 27.8 Å². The van der Waals surface area contributed by atoms with Gasteiger partial charge in [-0.3, -0.25) is 9.59 Å². The highest BCUT2D eigenvalue weighted by Crippen LogP contribution is 2.31. The van der Waals surface area contributed by atoms with Crippen molar-refractivity contribution in [1.29, 1.82) is 0 Å². The van der Waals surface area contributed by atoms with Gasteiger partial charge in [0.1, 0.15) is 23.0 Å². The minimum absolute atomic E-state index is 0.212. The molecule has 0 saturated carbocycles. The summed E-state index contributed by atoms with van der Waals surface area (Å²) in [6.45, 7) is 1.62. The fourth-order valence-electron chi connectivity index (χ4n) is 2.46. The summed E-state index contributed by atoms with van der Waals surface area (Å²) in [6.07, 6.45) is 0. The third kappa shape index (κ3) is 4.32. The number of amides is 1. The smallest absolute Gasteiger partial charge is 0.267 e. The Morgan fingerprint density at radius 1 is 1.19 bits per heavy atom. The number of hydrogen-bond donors (Lipinski definition) is 1. The van der Waals surface area contributed by atoms with Crippen molar-refractivity contribution in [2.75, 3.05) is 19.5 Å². The highest BCUT2D eigenvalue weighted by atomic mass is 32.1. The molecule has 0 aliphatic rings. The molecule has 0 aliphatic carbocycles. The number of rotatable bonds is 6. The van der Waals surface area contributed by atoms with E-state index in [1.165, 1.54) is 17.6 Å². The molecule has 0 bridgehead atoms. The second kappa shape index (κ2) is 8.00. The monoisotopic (exact) mass is 386 g/mol. The van der Waals surface area contributed by atoms with Gasteiger partial charge in [-0.05, 0) is 48.8 Å². The van der Waals surface area contributed by atoms with Gasteiger partial charge in [-0.1, -0.05) is 0 Å². The Hall–Kier alpha value is -3.20. The van der Waals surface area contributed by atoms with E-state index in [2.05, 4.69) is 14.8 Å². The molecule has 8 nitrogen and oxygen atoms in total. The lowest BCUT2D eigenvalue weighted by molar-refractivity contribution is -0.116. The first-order chi connectivity index (χ1) is 13.0. The number of aryl methyl sites for hydroxylation is 1. The van der Waals surface area contributed by atoms with E-state index in [4.69, 9.17) is 9.47 Å². The number of ether oxygens (including phenoxy) is 2. The van der Waals surface area contributed by atoms with Crippen molar-refractivity contribution in [1.82, 2.24) is 14.2 Å². The molecule has 3 rings (SSSR count). The molecule has 1 N–H and O–H groups in total. The highest BCUT2D eigenvalue weighted by molar-refractivity contribution is 7.10. The van der Waals surface area contributed by atoms with Crippen molar-refractivity contribution in [3.63, 3.8) is 0 Å². The van der Waals surface area contributed by atoms with Crippen LogP contribution in [0, 0.1) is 6.92 Å². The van der Waals surface area contributed by atoms with Crippen LogP contribution >= 0.6 is 11.5 Å². The molecule has 0 atom stereocenters. The van der Waals surface area contributed by atoms with Crippen LogP contribution in [0.3, 0.4) is 0 Å². The molecule has 0 radical (unpaired) electrons. The zero-order valence-electron chi connectivity index (χ0n) is 15.1. The molecule has 9 heteroatoms.